The van der Waals surface area contributed by atoms with Crippen LogP contribution in [0.15, 0.2) is 95.0 Å². The van der Waals surface area contributed by atoms with Gasteiger partial charge in [0.25, 0.3) is 0 Å². The topological polar surface area (TPSA) is 60.7 Å². The average molecular weight is 583 g/mol. The molecule has 208 valence electrons. The van der Waals surface area contributed by atoms with Crippen molar-refractivity contribution in [2.45, 2.75) is 45.1 Å². The highest BCUT2D eigenvalue weighted by Gasteiger charge is 2.17. The Morgan fingerprint density at radius 2 is 1.56 bits per heavy atom. The van der Waals surface area contributed by atoms with E-state index in [9.17, 15) is 9.59 Å². The zero-order valence-electron chi connectivity index (χ0n) is 23.3. The van der Waals surface area contributed by atoms with E-state index in [1.165, 1.54) is 6.92 Å². The van der Waals surface area contributed by atoms with Crippen LogP contribution in [0, 0.1) is 6.92 Å². The molecule has 0 fully saturated rings. The summed E-state index contributed by atoms with van der Waals surface area (Å²) in [7, 11) is 0. The Morgan fingerprint density at radius 1 is 0.902 bits per heavy atom. The Bertz CT molecular complexity index is 1770. The van der Waals surface area contributed by atoms with Gasteiger partial charge in [-0.3, -0.25) is 4.79 Å². The van der Waals surface area contributed by atoms with Gasteiger partial charge < -0.3 is 9.40 Å². The van der Waals surface area contributed by atoms with Crippen LogP contribution in [0.3, 0.4) is 0 Å². The first kappa shape index (κ1) is 28.7. The van der Waals surface area contributed by atoms with Crippen LogP contribution in [-0.2, 0) is 16.2 Å². The van der Waals surface area contributed by atoms with Crippen molar-refractivity contribution in [1.29, 1.82) is 0 Å². The lowest BCUT2D eigenvalue weighted by atomic mass is 9.97. The summed E-state index contributed by atoms with van der Waals surface area (Å²) in [5.74, 6) is 0.428. The van der Waals surface area contributed by atoms with E-state index in [2.05, 4.69) is 28.8 Å². The first-order valence-electron chi connectivity index (χ1n) is 13.6. The van der Waals surface area contributed by atoms with Crippen molar-refractivity contribution in [2.75, 3.05) is 5.75 Å². The van der Waals surface area contributed by atoms with Gasteiger partial charge in [0, 0.05) is 61.9 Å². The van der Waals surface area contributed by atoms with Crippen LogP contribution >= 0.6 is 23.4 Å². The normalized spacial score (nSPS) is 11.8. The molecule has 0 unspecified atom stereocenters. The molecule has 5 rings (SSSR count). The summed E-state index contributed by atoms with van der Waals surface area (Å²) in [5.41, 5.74) is 6.07. The Morgan fingerprint density at radius 3 is 2.22 bits per heavy atom. The van der Waals surface area contributed by atoms with Gasteiger partial charge in [-0.05, 0) is 92.6 Å². The number of ketones is 1. The second-order valence-electron chi connectivity index (χ2n) is 9.88. The Kier molecular flexibility index (Phi) is 8.91. The zero-order valence-corrected chi connectivity index (χ0v) is 24.9. The first-order valence-corrected chi connectivity index (χ1v) is 15.0. The van der Waals surface area contributed by atoms with Gasteiger partial charge in [-0.2, -0.15) is 0 Å². The van der Waals surface area contributed by atoms with E-state index in [1.54, 1.807) is 11.8 Å². The third kappa shape index (κ3) is 6.39. The molecule has 0 radical (unpaired) electrons. The molecular weight excluding hydrogens is 552 g/mol. The van der Waals surface area contributed by atoms with Crippen LogP contribution in [0.25, 0.3) is 21.8 Å². The molecule has 5 nitrogen and oxygen atoms in total. The van der Waals surface area contributed by atoms with Crippen LogP contribution in [0.2, 0.25) is 5.02 Å². The smallest absolute Gasteiger partial charge is 0.331 e. The molecule has 5 aromatic rings. The summed E-state index contributed by atoms with van der Waals surface area (Å²) in [5, 5.41) is 7.00. The van der Waals surface area contributed by atoms with Gasteiger partial charge in [0.15, 0.2) is 5.78 Å². The van der Waals surface area contributed by atoms with Crippen molar-refractivity contribution in [1.82, 2.24) is 4.57 Å². The van der Waals surface area contributed by atoms with Crippen LogP contribution in [0.4, 0.5) is 0 Å². The SMILES string of the molecule is CCn1c2ccc(C(=O)c3ccccc3C)cc2c2cc(C(CCCSc3ccc(Cl)cc3)=NOC(C)=O)ccc21. The minimum atomic E-state index is -0.457. The van der Waals surface area contributed by atoms with Crippen LogP contribution in [0.1, 0.15) is 53.7 Å². The maximum absolute atomic E-state index is 13.4. The molecular formula is C34H31ClN2O3S. The molecule has 0 aliphatic rings. The van der Waals surface area contributed by atoms with E-state index in [-0.39, 0.29) is 5.78 Å². The lowest BCUT2D eigenvalue weighted by molar-refractivity contribution is -0.140. The van der Waals surface area contributed by atoms with Crippen molar-refractivity contribution in [3.8, 4) is 0 Å². The van der Waals surface area contributed by atoms with E-state index >= 15 is 0 Å². The highest BCUT2D eigenvalue weighted by atomic mass is 35.5. The Balaban J connectivity index is 1.48. The van der Waals surface area contributed by atoms with Gasteiger partial charge in [0.1, 0.15) is 0 Å². The quantitative estimate of drug-likeness (QED) is 0.0412. The fourth-order valence-corrected chi connectivity index (χ4v) is 6.05. The fraction of sp³-hybridized carbons (Fsp3) is 0.206. The van der Waals surface area contributed by atoms with Gasteiger partial charge in [-0.1, -0.05) is 47.1 Å². The van der Waals surface area contributed by atoms with Gasteiger partial charge in [-0.15, -0.1) is 11.8 Å². The standard InChI is InChI=1S/C34H31ClN2O3S/c1-4-37-32-17-11-24(31(36-40-23(3)38)10-7-19-41-27-15-13-26(35)14-16-27)20-29(32)30-21-25(12-18-33(30)37)34(39)28-9-6-5-8-22(28)2/h5-6,8-9,11-18,20-21H,4,7,10,19H2,1-3H3. The van der Waals surface area contributed by atoms with Crippen molar-refractivity contribution >= 4 is 62.6 Å². The molecule has 0 bridgehead atoms. The van der Waals surface area contributed by atoms with Crippen molar-refractivity contribution in [3.05, 3.63) is 112 Å². The van der Waals surface area contributed by atoms with Gasteiger partial charge in [-0.25, -0.2) is 4.79 Å². The van der Waals surface area contributed by atoms with Crippen LogP contribution in [0.5, 0.6) is 0 Å². The first-order chi connectivity index (χ1) is 19.9. The molecule has 0 atom stereocenters. The molecule has 4 aromatic carbocycles. The van der Waals surface area contributed by atoms with Gasteiger partial charge in [0.05, 0.1) is 5.71 Å². The zero-order chi connectivity index (χ0) is 28.9. The number of carbonyl (C=O) groups excluding carboxylic acids is 2. The number of thioether (sulfide) groups is 1. The molecule has 0 saturated heterocycles. The minimum Gasteiger partial charge on any atom is -0.341 e. The minimum absolute atomic E-state index is 0.00819. The van der Waals surface area contributed by atoms with Crippen molar-refractivity contribution < 1.29 is 14.4 Å². The Labute approximate surface area is 249 Å². The molecule has 0 aliphatic carbocycles. The molecule has 0 N–H and O–H groups in total. The average Bonchev–Trinajstić information content (AvgIpc) is 3.29. The number of benzene rings is 4. The number of nitrogens with zero attached hydrogens (tertiary/aromatic N) is 2. The summed E-state index contributed by atoms with van der Waals surface area (Å²) in [6, 6.07) is 27.6. The molecule has 0 aliphatic heterocycles. The molecule has 0 amide bonds. The van der Waals surface area contributed by atoms with Gasteiger partial charge >= 0.3 is 5.97 Å². The second-order valence-corrected chi connectivity index (χ2v) is 11.5. The maximum Gasteiger partial charge on any atom is 0.331 e. The van der Waals surface area contributed by atoms with Crippen LogP contribution in [-0.4, -0.2) is 27.8 Å². The van der Waals surface area contributed by atoms with Crippen molar-refractivity contribution in [2.24, 2.45) is 5.16 Å². The van der Waals surface area contributed by atoms with E-state index in [0.29, 0.717) is 23.3 Å². The number of carbonyl (C=O) groups is 2. The largest absolute Gasteiger partial charge is 0.341 e. The van der Waals surface area contributed by atoms with E-state index in [0.717, 1.165) is 61.6 Å². The summed E-state index contributed by atoms with van der Waals surface area (Å²) in [4.78, 5) is 31.3. The molecule has 1 aromatic heterocycles. The lowest BCUT2D eigenvalue weighted by Crippen LogP contribution is -2.05. The molecule has 7 heteroatoms. The number of oxime groups is 1. The number of aromatic nitrogens is 1. The second kappa shape index (κ2) is 12.8. The summed E-state index contributed by atoms with van der Waals surface area (Å²) in [6.45, 7) is 6.22. The van der Waals surface area contributed by atoms with Crippen LogP contribution < -0.4 is 0 Å². The molecule has 1 heterocycles. The highest BCUT2D eigenvalue weighted by Crippen LogP contribution is 2.32. The predicted molar refractivity (Wildman–Crippen MR) is 169 cm³/mol. The molecule has 0 spiro atoms. The summed E-state index contributed by atoms with van der Waals surface area (Å²) in [6.07, 6.45) is 1.49. The van der Waals surface area contributed by atoms with E-state index < -0.39 is 5.97 Å². The molecule has 41 heavy (non-hydrogen) atoms. The predicted octanol–water partition coefficient (Wildman–Crippen LogP) is 8.85. The number of rotatable bonds is 10. The Hall–Kier alpha value is -3.87. The number of fused-ring (bicyclic) bond motifs is 3. The maximum atomic E-state index is 13.4. The molecule has 0 saturated carbocycles. The third-order valence-electron chi connectivity index (χ3n) is 7.09. The third-order valence-corrected chi connectivity index (χ3v) is 8.44. The monoisotopic (exact) mass is 582 g/mol. The van der Waals surface area contributed by atoms with Crippen molar-refractivity contribution in [3.63, 3.8) is 0 Å². The van der Waals surface area contributed by atoms with E-state index in [1.807, 2.05) is 79.7 Å². The van der Waals surface area contributed by atoms with Gasteiger partial charge in [0.2, 0.25) is 0 Å². The number of aryl methyl sites for hydroxylation is 2. The van der Waals surface area contributed by atoms with E-state index in [4.69, 9.17) is 16.4 Å². The fourth-order valence-electron chi connectivity index (χ4n) is 5.07. The number of hydrogen-bond acceptors (Lipinski definition) is 5. The number of hydrogen-bond donors (Lipinski definition) is 0. The summed E-state index contributed by atoms with van der Waals surface area (Å²) < 4.78 is 2.25. The summed E-state index contributed by atoms with van der Waals surface area (Å²) >= 11 is 7.75. The highest BCUT2D eigenvalue weighted by molar-refractivity contribution is 7.99. The number of halogens is 1. The lowest BCUT2D eigenvalue weighted by Gasteiger charge is -2.08.